The molecule has 2 rings (SSSR count). The van der Waals surface area contributed by atoms with Crippen LogP contribution < -0.4 is 4.74 Å². The third-order valence-corrected chi connectivity index (χ3v) is 2.14. The Morgan fingerprint density at radius 3 is 3.08 bits per heavy atom. The summed E-state index contributed by atoms with van der Waals surface area (Å²) in [5, 5.41) is 0.691. The largest absolute Gasteiger partial charge is 0.487 e. The molecule has 0 amide bonds. The maximum Gasteiger partial charge on any atom is 0.145 e. The van der Waals surface area contributed by atoms with Gasteiger partial charge in [0.15, 0.2) is 0 Å². The molecule has 0 saturated carbocycles. The molecule has 62 valence electrons. The minimum atomic E-state index is 0.650. The van der Waals surface area contributed by atoms with Crippen molar-refractivity contribution in [2.75, 3.05) is 6.61 Å². The molecule has 0 N–H and O–H groups in total. The Labute approximate surface area is 76.6 Å². The molecule has 0 spiro atoms. The van der Waals surface area contributed by atoms with Gasteiger partial charge in [0.2, 0.25) is 0 Å². The molecule has 1 aromatic rings. The highest BCUT2D eigenvalue weighted by atomic mass is 35.5. The zero-order valence-electron chi connectivity index (χ0n) is 6.80. The first-order valence-electron chi connectivity index (χ1n) is 3.86. The summed E-state index contributed by atoms with van der Waals surface area (Å²) in [5.41, 5.74) is 2.30. The van der Waals surface area contributed by atoms with Gasteiger partial charge in [0, 0.05) is 5.56 Å². The number of fused-ring (bicyclic) bond motifs is 1. The second kappa shape index (κ2) is 2.83. The Hall–Kier alpha value is -0.950. The van der Waals surface area contributed by atoms with Crippen molar-refractivity contribution in [3.8, 4) is 5.75 Å². The van der Waals surface area contributed by atoms with Gasteiger partial charge < -0.3 is 4.74 Å². The van der Waals surface area contributed by atoms with E-state index in [4.69, 9.17) is 16.3 Å². The van der Waals surface area contributed by atoms with E-state index in [0.717, 1.165) is 11.3 Å². The Bertz CT molecular complexity index is 342. The lowest BCUT2D eigenvalue weighted by molar-refractivity contribution is 0.347. The molecule has 1 heterocycles. The van der Waals surface area contributed by atoms with Crippen LogP contribution >= 0.6 is 11.6 Å². The van der Waals surface area contributed by atoms with Gasteiger partial charge in [-0.2, -0.15) is 0 Å². The maximum atomic E-state index is 5.94. The molecular weight excluding hydrogens is 172 g/mol. The number of rotatable bonds is 0. The standard InChI is InChI=1S/C10H9ClO/c1-7-5-8-3-2-4-9(11)10(8)12-6-7/h2-5H,6H2,1H3. The third kappa shape index (κ3) is 1.21. The van der Waals surface area contributed by atoms with Crippen molar-refractivity contribution in [1.29, 1.82) is 0 Å². The van der Waals surface area contributed by atoms with Crippen LogP contribution in [0.5, 0.6) is 5.75 Å². The number of ether oxygens (including phenoxy) is 1. The number of para-hydroxylation sites is 1. The lowest BCUT2D eigenvalue weighted by Gasteiger charge is -2.16. The predicted molar refractivity (Wildman–Crippen MR) is 50.6 cm³/mol. The zero-order valence-corrected chi connectivity index (χ0v) is 7.56. The molecule has 0 fully saturated rings. The molecule has 0 aromatic heterocycles. The molecule has 0 unspecified atom stereocenters. The zero-order chi connectivity index (χ0) is 8.55. The van der Waals surface area contributed by atoms with Crippen LogP contribution in [0.3, 0.4) is 0 Å². The normalized spacial score (nSPS) is 14.7. The van der Waals surface area contributed by atoms with Crippen molar-refractivity contribution in [2.45, 2.75) is 6.92 Å². The molecular formula is C10H9ClO. The molecule has 0 atom stereocenters. The highest BCUT2D eigenvalue weighted by Gasteiger charge is 2.10. The van der Waals surface area contributed by atoms with Crippen LogP contribution in [-0.4, -0.2) is 6.61 Å². The fraction of sp³-hybridized carbons (Fsp3) is 0.200. The summed E-state index contributed by atoms with van der Waals surface area (Å²) in [6, 6.07) is 5.78. The Morgan fingerprint density at radius 2 is 2.25 bits per heavy atom. The fourth-order valence-electron chi connectivity index (χ4n) is 1.28. The second-order valence-corrected chi connectivity index (χ2v) is 3.34. The molecule has 0 bridgehead atoms. The molecule has 0 aliphatic carbocycles. The van der Waals surface area contributed by atoms with Gasteiger partial charge in [0.1, 0.15) is 12.4 Å². The lowest BCUT2D eigenvalue weighted by Crippen LogP contribution is -2.05. The summed E-state index contributed by atoms with van der Waals surface area (Å²) in [4.78, 5) is 0. The number of hydrogen-bond acceptors (Lipinski definition) is 1. The van der Waals surface area contributed by atoms with Crippen LogP contribution in [0.2, 0.25) is 5.02 Å². The molecule has 1 aliphatic heterocycles. The van der Waals surface area contributed by atoms with Crippen LogP contribution in [0, 0.1) is 0 Å². The van der Waals surface area contributed by atoms with Crippen molar-refractivity contribution in [3.63, 3.8) is 0 Å². The summed E-state index contributed by atoms with van der Waals surface area (Å²) in [5.74, 6) is 0.810. The van der Waals surface area contributed by atoms with Crippen molar-refractivity contribution in [2.24, 2.45) is 0 Å². The minimum Gasteiger partial charge on any atom is -0.487 e. The van der Waals surface area contributed by atoms with Crippen molar-refractivity contribution >= 4 is 17.7 Å². The van der Waals surface area contributed by atoms with E-state index >= 15 is 0 Å². The Balaban J connectivity index is 2.57. The monoisotopic (exact) mass is 180 g/mol. The van der Waals surface area contributed by atoms with Crippen LogP contribution in [-0.2, 0) is 0 Å². The Morgan fingerprint density at radius 1 is 1.42 bits per heavy atom. The van der Waals surface area contributed by atoms with Gasteiger partial charge in [0.05, 0.1) is 5.02 Å². The van der Waals surface area contributed by atoms with Gasteiger partial charge in [-0.15, -0.1) is 0 Å². The highest BCUT2D eigenvalue weighted by Crippen LogP contribution is 2.32. The van der Waals surface area contributed by atoms with Gasteiger partial charge in [-0.3, -0.25) is 0 Å². The number of benzene rings is 1. The second-order valence-electron chi connectivity index (χ2n) is 2.94. The molecule has 1 aliphatic rings. The van der Waals surface area contributed by atoms with E-state index in [0.29, 0.717) is 11.6 Å². The van der Waals surface area contributed by atoms with E-state index in [2.05, 4.69) is 6.08 Å². The third-order valence-electron chi connectivity index (χ3n) is 1.84. The first kappa shape index (κ1) is 7.69. The smallest absolute Gasteiger partial charge is 0.145 e. The van der Waals surface area contributed by atoms with Gasteiger partial charge in [-0.05, 0) is 24.6 Å². The van der Waals surface area contributed by atoms with E-state index in [9.17, 15) is 0 Å². The molecule has 1 aromatic carbocycles. The van der Waals surface area contributed by atoms with Gasteiger partial charge in [-0.1, -0.05) is 23.7 Å². The first-order valence-corrected chi connectivity index (χ1v) is 4.23. The van der Waals surface area contributed by atoms with E-state index in [-0.39, 0.29) is 0 Å². The number of halogens is 1. The van der Waals surface area contributed by atoms with Crippen LogP contribution in [0.25, 0.3) is 6.08 Å². The van der Waals surface area contributed by atoms with Gasteiger partial charge in [-0.25, -0.2) is 0 Å². The number of hydrogen-bond donors (Lipinski definition) is 0. The van der Waals surface area contributed by atoms with Gasteiger partial charge >= 0.3 is 0 Å². The summed E-state index contributed by atoms with van der Waals surface area (Å²) < 4.78 is 5.47. The SMILES string of the molecule is CC1=Cc2cccc(Cl)c2OC1. The molecule has 12 heavy (non-hydrogen) atoms. The lowest BCUT2D eigenvalue weighted by atomic mass is 10.1. The highest BCUT2D eigenvalue weighted by molar-refractivity contribution is 6.32. The fourth-order valence-corrected chi connectivity index (χ4v) is 1.52. The summed E-state index contributed by atoms with van der Waals surface area (Å²) in [6.45, 7) is 2.70. The van der Waals surface area contributed by atoms with E-state index < -0.39 is 0 Å². The van der Waals surface area contributed by atoms with E-state index in [1.165, 1.54) is 5.57 Å². The minimum absolute atomic E-state index is 0.650. The quantitative estimate of drug-likeness (QED) is 0.596. The van der Waals surface area contributed by atoms with Crippen LogP contribution in [0.15, 0.2) is 23.8 Å². The average Bonchev–Trinajstić information content (AvgIpc) is 2.04. The first-order chi connectivity index (χ1) is 5.77. The van der Waals surface area contributed by atoms with Gasteiger partial charge in [0.25, 0.3) is 0 Å². The molecule has 0 saturated heterocycles. The topological polar surface area (TPSA) is 9.23 Å². The predicted octanol–water partition coefficient (Wildman–Crippen LogP) is 3.14. The van der Waals surface area contributed by atoms with Crippen LogP contribution in [0.1, 0.15) is 12.5 Å². The van der Waals surface area contributed by atoms with E-state index in [1.807, 2.05) is 25.1 Å². The summed E-state index contributed by atoms with van der Waals surface area (Å²) in [7, 11) is 0. The average molecular weight is 181 g/mol. The summed E-state index contributed by atoms with van der Waals surface area (Å²) in [6.07, 6.45) is 2.10. The Kier molecular flexibility index (Phi) is 1.81. The van der Waals surface area contributed by atoms with Crippen molar-refractivity contribution in [1.82, 2.24) is 0 Å². The van der Waals surface area contributed by atoms with Crippen molar-refractivity contribution in [3.05, 3.63) is 34.4 Å². The molecule has 0 radical (unpaired) electrons. The summed E-state index contributed by atoms with van der Waals surface area (Å²) >= 11 is 5.94. The van der Waals surface area contributed by atoms with E-state index in [1.54, 1.807) is 0 Å². The molecule has 1 nitrogen and oxygen atoms in total. The van der Waals surface area contributed by atoms with Crippen LogP contribution in [0.4, 0.5) is 0 Å². The maximum absolute atomic E-state index is 5.94. The molecule has 2 heteroatoms. The van der Waals surface area contributed by atoms with Crippen molar-refractivity contribution < 1.29 is 4.74 Å².